The first-order chi connectivity index (χ1) is 6.97. The molecule has 0 aliphatic carbocycles. The Bertz CT molecular complexity index is 492. The van der Waals surface area contributed by atoms with E-state index >= 15 is 0 Å². The van der Waals surface area contributed by atoms with E-state index in [2.05, 4.69) is 62.1 Å². The lowest BCUT2D eigenvalue weighted by molar-refractivity contribution is 1.45. The third-order valence-corrected chi connectivity index (χ3v) is 4.34. The number of hydrogen-bond donors (Lipinski definition) is 0. The van der Waals surface area contributed by atoms with E-state index in [4.69, 9.17) is 0 Å². The summed E-state index contributed by atoms with van der Waals surface area (Å²) in [6, 6.07) is 13.5. The summed E-state index contributed by atoms with van der Waals surface area (Å²) in [5, 5.41) is 2.71. The highest BCUT2D eigenvalue weighted by Crippen LogP contribution is 2.45. The Kier molecular flexibility index (Phi) is 2.51. The average Bonchev–Trinajstić information content (AvgIpc) is 2.15. The van der Waals surface area contributed by atoms with E-state index in [1.54, 1.807) is 0 Å². The highest BCUT2D eigenvalue weighted by atomic mass is 32.3. The molecule has 0 amide bonds. The van der Waals surface area contributed by atoms with Crippen LogP contribution in [0.25, 0.3) is 10.8 Å². The molecule has 0 fully saturated rings. The van der Waals surface area contributed by atoms with Crippen molar-refractivity contribution < 1.29 is 0 Å². The molecule has 0 N–H and O–H groups in total. The molecule has 0 aliphatic rings. The van der Waals surface area contributed by atoms with Gasteiger partial charge in [-0.3, -0.25) is 0 Å². The molecule has 1 heteroatoms. The molecule has 2 aromatic rings. The van der Waals surface area contributed by atoms with Gasteiger partial charge in [-0.1, -0.05) is 29.8 Å². The van der Waals surface area contributed by atoms with Crippen LogP contribution in [0.1, 0.15) is 5.56 Å². The van der Waals surface area contributed by atoms with Crippen molar-refractivity contribution in [1.82, 2.24) is 0 Å². The molecule has 0 unspecified atom stereocenters. The first kappa shape index (κ1) is 10.6. The van der Waals surface area contributed by atoms with Gasteiger partial charge in [-0.05, 0) is 53.5 Å². The zero-order valence-corrected chi connectivity index (χ0v) is 10.7. The topological polar surface area (TPSA) is 0 Å². The molecule has 2 rings (SSSR count). The second-order valence-corrected chi connectivity index (χ2v) is 9.00. The summed E-state index contributed by atoms with van der Waals surface area (Å²) in [4.78, 5) is 1.49. The summed E-state index contributed by atoms with van der Waals surface area (Å²) in [6.45, 7) is 2.14. The minimum absolute atomic E-state index is 0.604. The zero-order chi connectivity index (χ0) is 11.1. The summed E-state index contributed by atoms with van der Waals surface area (Å²) in [5.74, 6) is 0. The largest absolute Gasteiger partial charge is 0.223 e. The van der Waals surface area contributed by atoms with Crippen molar-refractivity contribution in [1.29, 1.82) is 0 Å². The molecule has 2 aromatic carbocycles. The number of fused-ring (bicyclic) bond motifs is 1. The van der Waals surface area contributed by atoms with Gasteiger partial charge >= 0.3 is 0 Å². The SMILES string of the molecule is Cc1ccc2cc(S(C)(C)C)ccc2c1. The lowest BCUT2D eigenvalue weighted by atomic mass is 10.1. The third kappa shape index (κ3) is 2.18. The van der Waals surface area contributed by atoms with Crippen LogP contribution in [0.4, 0.5) is 0 Å². The predicted octanol–water partition coefficient (Wildman–Crippen LogP) is 4.20. The first-order valence-electron chi connectivity index (χ1n) is 5.15. The van der Waals surface area contributed by atoms with Crippen molar-refractivity contribution >= 4 is 20.8 Å². The molecule has 0 bridgehead atoms. The maximum Gasteiger partial charge on any atom is -0.00999 e. The third-order valence-electron chi connectivity index (χ3n) is 2.67. The second kappa shape index (κ2) is 3.57. The van der Waals surface area contributed by atoms with E-state index < -0.39 is 10.0 Å². The van der Waals surface area contributed by atoms with E-state index in [1.807, 2.05) is 0 Å². The van der Waals surface area contributed by atoms with Gasteiger partial charge in [0.1, 0.15) is 0 Å². The van der Waals surface area contributed by atoms with Crippen LogP contribution in [0.5, 0.6) is 0 Å². The van der Waals surface area contributed by atoms with Crippen molar-refractivity contribution in [3.63, 3.8) is 0 Å². The van der Waals surface area contributed by atoms with Crippen molar-refractivity contribution in [3.05, 3.63) is 42.0 Å². The first-order valence-corrected chi connectivity index (χ1v) is 8.01. The van der Waals surface area contributed by atoms with Gasteiger partial charge in [-0.2, -0.15) is 0 Å². The standard InChI is InChI=1S/C14H18S/c1-11-5-6-13-10-14(15(2,3)4)8-7-12(13)9-11/h5-10H,1-4H3. The number of aryl methyl sites for hydroxylation is 1. The molecule has 0 heterocycles. The van der Waals surface area contributed by atoms with Gasteiger partial charge < -0.3 is 0 Å². The molecular weight excluding hydrogens is 200 g/mol. The van der Waals surface area contributed by atoms with Gasteiger partial charge in [0, 0.05) is 0 Å². The van der Waals surface area contributed by atoms with E-state index in [0.29, 0.717) is 0 Å². The lowest BCUT2D eigenvalue weighted by Crippen LogP contribution is -1.92. The molecule has 0 radical (unpaired) electrons. The second-order valence-electron chi connectivity index (χ2n) is 4.85. The molecule has 0 aliphatic heterocycles. The van der Waals surface area contributed by atoms with Crippen LogP contribution in [0.2, 0.25) is 0 Å². The number of hydrogen-bond acceptors (Lipinski definition) is 0. The lowest BCUT2D eigenvalue weighted by Gasteiger charge is -2.26. The Morgan fingerprint density at radius 1 is 0.800 bits per heavy atom. The highest BCUT2D eigenvalue weighted by Gasteiger charge is 2.07. The summed E-state index contributed by atoms with van der Waals surface area (Å²) in [6.07, 6.45) is 7.01. The van der Waals surface area contributed by atoms with E-state index in [9.17, 15) is 0 Å². The van der Waals surface area contributed by atoms with Gasteiger partial charge in [0.25, 0.3) is 0 Å². The molecule has 0 atom stereocenters. The van der Waals surface area contributed by atoms with Crippen LogP contribution in [0, 0.1) is 6.92 Å². The zero-order valence-electron chi connectivity index (χ0n) is 9.87. The normalized spacial score (nSPS) is 13.1. The van der Waals surface area contributed by atoms with Crippen LogP contribution < -0.4 is 0 Å². The summed E-state index contributed by atoms with van der Waals surface area (Å²) < 4.78 is 0. The van der Waals surface area contributed by atoms with Crippen LogP contribution in [0.15, 0.2) is 41.3 Å². The summed E-state index contributed by atoms with van der Waals surface area (Å²) in [7, 11) is -0.604. The Morgan fingerprint density at radius 2 is 1.40 bits per heavy atom. The van der Waals surface area contributed by atoms with Gasteiger partial charge in [0.15, 0.2) is 0 Å². The van der Waals surface area contributed by atoms with Gasteiger partial charge in [0.2, 0.25) is 0 Å². The molecule has 0 nitrogen and oxygen atoms in total. The summed E-state index contributed by atoms with van der Waals surface area (Å²) in [5.41, 5.74) is 1.33. The molecular formula is C14H18S. The van der Waals surface area contributed by atoms with Crippen LogP contribution in [-0.2, 0) is 0 Å². The molecule has 0 spiro atoms. The quantitative estimate of drug-likeness (QED) is 0.673. The van der Waals surface area contributed by atoms with Crippen molar-refractivity contribution in [2.45, 2.75) is 11.8 Å². The van der Waals surface area contributed by atoms with Crippen LogP contribution >= 0.6 is 10.0 Å². The van der Waals surface area contributed by atoms with Crippen molar-refractivity contribution in [3.8, 4) is 0 Å². The fourth-order valence-corrected chi connectivity index (χ4v) is 2.68. The molecule has 0 saturated heterocycles. The fourth-order valence-electron chi connectivity index (χ4n) is 1.72. The molecule has 0 aromatic heterocycles. The Labute approximate surface area is 93.6 Å². The number of benzene rings is 2. The molecule has 15 heavy (non-hydrogen) atoms. The van der Waals surface area contributed by atoms with Crippen molar-refractivity contribution in [2.24, 2.45) is 0 Å². The predicted molar refractivity (Wildman–Crippen MR) is 72.3 cm³/mol. The van der Waals surface area contributed by atoms with E-state index in [0.717, 1.165) is 0 Å². The molecule has 80 valence electrons. The maximum absolute atomic E-state index is 2.34. The van der Waals surface area contributed by atoms with Crippen molar-refractivity contribution in [2.75, 3.05) is 18.8 Å². The van der Waals surface area contributed by atoms with Gasteiger partial charge in [-0.25, -0.2) is 10.0 Å². The Morgan fingerprint density at radius 3 is 2.07 bits per heavy atom. The van der Waals surface area contributed by atoms with E-state index in [-0.39, 0.29) is 0 Å². The minimum atomic E-state index is -0.604. The van der Waals surface area contributed by atoms with Gasteiger partial charge in [0.05, 0.1) is 0 Å². The van der Waals surface area contributed by atoms with Gasteiger partial charge in [-0.15, -0.1) is 0 Å². The monoisotopic (exact) mass is 218 g/mol. The van der Waals surface area contributed by atoms with E-state index in [1.165, 1.54) is 21.2 Å². The highest BCUT2D eigenvalue weighted by molar-refractivity contribution is 8.32. The Balaban J connectivity index is 2.62. The molecule has 0 saturated carbocycles. The maximum atomic E-state index is 2.34. The minimum Gasteiger partial charge on any atom is -0.223 e. The van der Waals surface area contributed by atoms with Crippen LogP contribution in [-0.4, -0.2) is 18.8 Å². The Hall–Kier alpha value is -0.950. The fraction of sp³-hybridized carbons (Fsp3) is 0.286. The number of rotatable bonds is 1. The smallest absolute Gasteiger partial charge is 0.00999 e. The van der Waals surface area contributed by atoms with Crippen LogP contribution in [0.3, 0.4) is 0 Å². The average molecular weight is 218 g/mol. The summed E-state index contributed by atoms with van der Waals surface area (Å²) >= 11 is 0.